The molecule has 25 heavy (non-hydrogen) atoms. The lowest BCUT2D eigenvalue weighted by Crippen LogP contribution is -2.38. The van der Waals surface area contributed by atoms with Crippen LogP contribution in [0.15, 0.2) is 29.2 Å². The van der Waals surface area contributed by atoms with Gasteiger partial charge in [-0.1, -0.05) is 0 Å². The van der Waals surface area contributed by atoms with Crippen molar-refractivity contribution in [3.63, 3.8) is 0 Å². The van der Waals surface area contributed by atoms with Gasteiger partial charge in [-0.15, -0.1) is 13.2 Å². The lowest BCUT2D eigenvalue weighted by Gasteiger charge is -2.21. The highest BCUT2D eigenvalue weighted by atomic mass is 32.2. The van der Waals surface area contributed by atoms with Crippen molar-refractivity contribution < 1.29 is 40.6 Å². The summed E-state index contributed by atoms with van der Waals surface area (Å²) >= 11 is 0. The number of hydrogen-bond acceptors (Lipinski definition) is 6. The minimum absolute atomic E-state index is 0.0217. The first-order valence-electron chi connectivity index (χ1n) is 7.10. The second-order valence-electron chi connectivity index (χ2n) is 4.66. The summed E-state index contributed by atoms with van der Waals surface area (Å²) in [4.78, 5) is 11.3. The molecule has 0 heterocycles. The standard InChI is InChI=1S/C14H18F3NO6S/c1-3-23-13(19)10-18(8-9-22-2)25(20,21)12-6-4-11(5-7-12)24-14(15,16)17/h4-7H,3,8-10H2,1-2H3. The van der Waals surface area contributed by atoms with E-state index in [1.54, 1.807) is 6.92 Å². The van der Waals surface area contributed by atoms with Crippen LogP contribution in [0.3, 0.4) is 0 Å². The Labute approximate surface area is 143 Å². The van der Waals surface area contributed by atoms with Gasteiger partial charge in [0.2, 0.25) is 10.0 Å². The summed E-state index contributed by atoms with van der Waals surface area (Å²) in [6.45, 7) is 1.01. The number of halogens is 3. The van der Waals surface area contributed by atoms with Crippen LogP contribution in [0, 0.1) is 0 Å². The number of benzene rings is 1. The number of nitrogens with zero attached hydrogens (tertiary/aromatic N) is 1. The van der Waals surface area contributed by atoms with Crippen LogP contribution in [0.4, 0.5) is 13.2 Å². The van der Waals surface area contributed by atoms with Gasteiger partial charge >= 0.3 is 12.3 Å². The molecule has 0 aromatic heterocycles. The minimum Gasteiger partial charge on any atom is -0.465 e. The summed E-state index contributed by atoms with van der Waals surface area (Å²) in [5.41, 5.74) is 0. The molecule has 0 spiro atoms. The van der Waals surface area contributed by atoms with E-state index in [4.69, 9.17) is 9.47 Å². The zero-order valence-corrected chi connectivity index (χ0v) is 14.4. The molecule has 0 aliphatic carbocycles. The van der Waals surface area contributed by atoms with Gasteiger partial charge in [0.15, 0.2) is 0 Å². The summed E-state index contributed by atoms with van der Waals surface area (Å²) in [6.07, 6.45) is -4.88. The second-order valence-corrected chi connectivity index (χ2v) is 6.59. The molecule has 0 N–H and O–H groups in total. The second kappa shape index (κ2) is 9.02. The number of sulfonamides is 1. The molecule has 0 aliphatic heterocycles. The predicted octanol–water partition coefficient (Wildman–Crippen LogP) is 1.79. The van der Waals surface area contributed by atoms with Gasteiger partial charge in [-0.05, 0) is 31.2 Å². The van der Waals surface area contributed by atoms with Gasteiger partial charge in [0.1, 0.15) is 12.3 Å². The fraction of sp³-hybridized carbons (Fsp3) is 0.500. The maximum absolute atomic E-state index is 12.6. The summed E-state index contributed by atoms with van der Waals surface area (Å²) in [5, 5.41) is 0. The number of carbonyl (C=O) groups is 1. The zero-order chi connectivity index (χ0) is 19.1. The molecule has 142 valence electrons. The first-order chi connectivity index (χ1) is 11.6. The topological polar surface area (TPSA) is 82.1 Å². The van der Waals surface area contributed by atoms with Crippen LogP contribution >= 0.6 is 0 Å². The fourth-order valence-electron chi connectivity index (χ4n) is 1.79. The molecule has 0 radical (unpaired) electrons. The Kier molecular flexibility index (Phi) is 7.64. The highest BCUT2D eigenvalue weighted by Crippen LogP contribution is 2.25. The molecule has 0 atom stereocenters. The molecule has 1 aromatic carbocycles. The molecular formula is C14H18F3NO6S. The normalized spacial score (nSPS) is 12.2. The van der Waals surface area contributed by atoms with Crippen molar-refractivity contribution in [3.05, 3.63) is 24.3 Å². The highest BCUT2D eigenvalue weighted by Gasteiger charge is 2.32. The zero-order valence-electron chi connectivity index (χ0n) is 13.6. The summed E-state index contributed by atoms with van der Waals surface area (Å²) < 4.78 is 75.6. The average Bonchev–Trinajstić information content (AvgIpc) is 2.50. The number of esters is 1. The molecule has 11 heteroatoms. The van der Waals surface area contributed by atoms with E-state index in [1.807, 2.05) is 0 Å². The Balaban J connectivity index is 3.01. The maximum Gasteiger partial charge on any atom is 0.573 e. The molecule has 1 rings (SSSR count). The Morgan fingerprint density at radius 3 is 2.28 bits per heavy atom. The number of hydrogen-bond donors (Lipinski definition) is 0. The lowest BCUT2D eigenvalue weighted by atomic mass is 10.3. The predicted molar refractivity (Wildman–Crippen MR) is 80.4 cm³/mol. The van der Waals surface area contributed by atoms with Gasteiger partial charge in [-0.25, -0.2) is 8.42 Å². The molecular weight excluding hydrogens is 367 g/mol. The van der Waals surface area contributed by atoms with E-state index in [0.29, 0.717) is 0 Å². The smallest absolute Gasteiger partial charge is 0.465 e. The van der Waals surface area contributed by atoms with Gasteiger partial charge in [0.25, 0.3) is 0 Å². The Morgan fingerprint density at radius 2 is 1.80 bits per heavy atom. The largest absolute Gasteiger partial charge is 0.573 e. The van der Waals surface area contributed by atoms with Crippen molar-refractivity contribution in [1.82, 2.24) is 4.31 Å². The van der Waals surface area contributed by atoms with Crippen LogP contribution in [0.2, 0.25) is 0 Å². The van der Waals surface area contributed by atoms with Gasteiger partial charge in [-0.2, -0.15) is 4.31 Å². The van der Waals surface area contributed by atoms with E-state index in [0.717, 1.165) is 28.6 Å². The maximum atomic E-state index is 12.6. The molecule has 0 amide bonds. The highest BCUT2D eigenvalue weighted by molar-refractivity contribution is 7.89. The average molecular weight is 385 g/mol. The van der Waals surface area contributed by atoms with Gasteiger partial charge < -0.3 is 14.2 Å². The first kappa shape index (κ1) is 21.2. The molecule has 0 bridgehead atoms. The number of carbonyl (C=O) groups excluding carboxylic acids is 1. The SMILES string of the molecule is CCOC(=O)CN(CCOC)S(=O)(=O)c1ccc(OC(F)(F)F)cc1. The number of methoxy groups -OCH3 is 1. The van der Waals surface area contributed by atoms with Crippen LogP contribution in [-0.2, 0) is 24.3 Å². The molecule has 0 saturated heterocycles. The fourth-order valence-corrected chi connectivity index (χ4v) is 3.16. The molecule has 0 saturated carbocycles. The Bertz CT molecular complexity index is 660. The first-order valence-corrected chi connectivity index (χ1v) is 8.54. The van der Waals surface area contributed by atoms with E-state index in [-0.39, 0.29) is 24.7 Å². The molecule has 1 aromatic rings. The van der Waals surface area contributed by atoms with E-state index < -0.39 is 34.6 Å². The molecule has 0 fully saturated rings. The Morgan fingerprint density at radius 1 is 1.20 bits per heavy atom. The lowest BCUT2D eigenvalue weighted by molar-refractivity contribution is -0.274. The van der Waals surface area contributed by atoms with Crippen molar-refractivity contribution in [2.75, 3.05) is 33.4 Å². The van der Waals surface area contributed by atoms with Crippen LogP contribution < -0.4 is 4.74 Å². The van der Waals surface area contributed by atoms with Crippen molar-refractivity contribution in [1.29, 1.82) is 0 Å². The van der Waals surface area contributed by atoms with Crippen LogP contribution in [-0.4, -0.2) is 58.5 Å². The van der Waals surface area contributed by atoms with Crippen molar-refractivity contribution in [2.24, 2.45) is 0 Å². The van der Waals surface area contributed by atoms with Gasteiger partial charge in [0, 0.05) is 13.7 Å². The van der Waals surface area contributed by atoms with Gasteiger partial charge in [0.05, 0.1) is 18.1 Å². The van der Waals surface area contributed by atoms with E-state index >= 15 is 0 Å². The van der Waals surface area contributed by atoms with Crippen LogP contribution in [0.25, 0.3) is 0 Å². The summed E-state index contributed by atoms with van der Waals surface area (Å²) in [6, 6.07) is 3.67. The van der Waals surface area contributed by atoms with Gasteiger partial charge in [-0.3, -0.25) is 4.79 Å². The summed E-state index contributed by atoms with van der Waals surface area (Å²) in [5.74, 6) is -1.31. The van der Waals surface area contributed by atoms with E-state index in [1.165, 1.54) is 7.11 Å². The van der Waals surface area contributed by atoms with Crippen molar-refractivity contribution in [3.8, 4) is 5.75 Å². The van der Waals surface area contributed by atoms with Crippen molar-refractivity contribution >= 4 is 16.0 Å². The monoisotopic (exact) mass is 385 g/mol. The third-order valence-corrected chi connectivity index (χ3v) is 4.71. The number of alkyl halides is 3. The third-order valence-electron chi connectivity index (χ3n) is 2.85. The van der Waals surface area contributed by atoms with Crippen LogP contribution in [0.5, 0.6) is 5.75 Å². The molecule has 0 aliphatic rings. The quantitative estimate of drug-likeness (QED) is 0.603. The van der Waals surface area contributed by atoms with E-state index in [9.17, 15) is 26.4 Å². The Hall–Kier alpha value is -1.85. The number of ether oxygens (including phenoxy) is 3. The summed E-state index contributed by atoms with van der Waals surface area (Å²) in [7, 11) is -2.77. The third kappa shape index (κ3) is 6.88. The van der Waals surface area contributed by atoms with Crippen molar-refractivity contribution in [2.45, 2.75) is 18.2 Å². The minimum atomic E-state index is -4.88. The number of rotatable bonds is 9. The molecule has 7 nitrogen and oxygen atoms in total. The molecule has 0 unspecified atom stereocenters. The van der Waals surface area contributed by atoms with E-state index in [2.05, 4.69) is 4.74 Å². The van der Waals surface area contributed by atoms with Crippen LogP contribution in [0.1, 0.15) is 6.92 Å².